The Morgan fingerprint density at radius 1 is 0.769 bits per heavy atom. The lowest BCUT2D eigenvalue weighted by atomic mass is 9.66. The van der Waals surface area contributed by atoms with Crippen LogP contribution in [0.4, 0.5) is 0 Å². The van der Waals surface area contributed by atoms with Gasteiger partial charge in [-0.1, -0.05) is 13.3 Å². The lowest BCUT2D eigenvalue weighted by molar-refractivity contribution is 0.00462. The molecule has 3 aliphatic rings. The van der Waals surface area contributed by atoms with Crippen LogP contribution in [0.2, 0.25) is 0 Å². The average molecular weight is 363 g/mol. The summed E-state index contributed by atoms with van der Waals surface area (Å²) < 4.78 is 11.3. The molecule has 0 bridgehead atoms. The molecule has 0 aromatic heterocycles. The van der Waals surface area contributed by atoms with Gasteiger partial charge in [0.1, 0.15) is 0 Å². The maximum Gasteiger partial charge on any atom is 0.0816 e. The van der Waals surface area contributed by atoms with E-state index in [1.54, 1.807) is 7.11 Å². The number of rotatable bonds is 7. The molecule has 0 unspecified atom stereocenters. The Morgan fingerprint density at radius 2 is 1.27 bits per heavy atom. The van der Waals surface area contributed by atoms with Gasteiger partial charge in [-0.15, -0.1) is 0 Å². The number of ether oxygens (including phenoxy) is 2. The molecule has 3 saturated carbocycles. The fraction of sp³-hybridized carbons (Fsp3) is 0.917. The molecule has 3 rings (SSSR count). The molecule has 0 N–H and O–H groups in total. The third kappa shape index (κ3) is 5.75. The van der Waals surface area contributed by atoms with Crippen molar-refractivity contribution in [2.45, 2.75) is 103 Å². The fourth-order valence-electron chi connectivity index (χ4n) is 5.98. The zero-order valence-corrected chi connectivity index (χ0v) is 17.4. The minimum Gasteiger partial charge on any atom is -0.504 e. The van der Waals surface area contributed by atoms with Crippen LogP contribution in [0.25, 0.3) is 0 Å². The Balaban J connectivity index is 1.34. The zero-order chi connectivity index (χ0) is 18.2. The monoisotopic (exact) mass is 362 g/mol. The first-order valence-corrected chi connectivity index (χ1v) is 11.6. The minimum absolute atomic E-state index is 0.575. The van der Waals surface area contributed by atoms with Crippen molar-refractivity contribution in [3.05, 3.63) is 11.8 Å². The van der Waals surface area contributed by atoms with Crippen LogP contribution >= 0.6 is 0 Å². The maximum atomic E-state index is 6.07. The Kier molecular flexibility index (Phi) is 8.36. The lowest BCUT2D eigenvalue weighted by Gasteiger charge is -2.40. The quantitative estimate of drug-likeness (QED) is 0.362. The van der Waals surface area contributed by atoms with Gasteiger partial charge in [-0.05, 0) is 113 Å². The van der Waals surface area contributed by atoms with Crippen LogP contribution in [0.15, 0.2) is 11.8 Å². The number of methoxy groups -OCH3 is 1. The van der Waals surface area contributed by atoms with Gasteiger partial charge in [0.15, 0.2) is 0 Å². The normalized spacial score (nSPS) is 35.9. The van der Waals surface area contributed by atoms with E-state index in [0.717, 1.165) is 30.3 Å². The van der Waals surface area contributed by atoms with E-state index in [1.807, 2.05) is 6.26 Å². The Labute approximate surface area is 162 Å². The van der Waals surface area contributed by atoms with Gasteiger partial charge in [0.25, 0.3) is 0 Å². The highest BCUT2D eigenvalue weighted by molar-refractivity contribution is 5.02. The van der Waals surface area contributed by atoms with Crippen LogP contribution in [0.5, 0.6) is 0 Å². The van der Waals surface area contributed by atoms with Crippen LogP contribution in [-0.4, -0.2) is 19.8 Å². The second kappa shape index (κ2) is 10.7. The molecule has 0 aromatic rings. The molecule has 2 nitrogen and oxygen atoms in total. The molecule has 0 aromatic carbocycles. The molecule has 150 valence electrons. The van der Waals surface area contributed by atoms with E-state index in [-0.39, 0.29) is 0 Å². The number of hydrogen-bond acceptors (Lipinski definition) is 2. The standard InChI is InChI=1S/C24H42O2/c1-3-4-17-26-24-15-13-23(14-16-24)22-11-9-21(10-12-22)20-7-5-19(6-8-20)18-25-2/h18,20-24H,3-17H2,1-2H3. The predicted molar refractivity (Wildman–Crippen MR) is 109 cm³/mol. The molecule has 0 heterocycles. The first-order valence-electron chi connectivity index (χ1n) is 11.6. The third-order valence-corrected chi connectivity index (χ3v) is 7.68. The van der Waals surface area contributed by atoms with Crippen LogP contribution in [0.3, 0.4) is 0 Å². The van der Waals surface area contributed by atoms with Gasteiger partial charge in [-0.3, -0.25) is 0 Å². The molecule has 2 heteroatoms. The van der Waals surface area contributed by atoms with E-state index in [9.17, 15) is 0 Å². The number of unbranched alkanes of at least 4 members (excludes halogenated alkanes) is 1. The summed E-state index contributed by atoms with van der Waals surface area (Å²) >= 11 is 0. The van der Waals surface area contributed by atoms with E-state index >= 15 is 0 Å². The second-order valence-corrected chi connectivity index (χ2v) is 9.29. The summed E-state index contributed by atoms with van der Waals surface area (Å²) in [6, 6.07) is 0. The van der Waals surface area contributed by atoms with Gasteiger partial charge in [0, 0.05) is 6.61 Å². The van der Waals surface area contributed by atoms with Gasteiger partial charge in [0.2, 0.25) is 0 Å². The molecule has 3 aliphatic carbocycles. The number of hydrogen-bond donors (Lipinski definition) is 0. The summed E-state index contributed by atoms with van der Waals surface area (Å²) in [6.07, 6.45) is 22.0. The Hall–Kier alpha value is -0.500. The first kappa shape index (κ1) is 20.2. The highest BCUT2D eigenvalue weighted by Gasteiger charge is 2.34. The predicted octanol–water partition coefficient (Wildman–Crippen LogP) is 6.89. The van der Waals surface area contributed by atoms with Gasteiger partial charge >= 0.3 is 0 Å². The first-order chi connectivity index (χ1) is 12.8. The van der Waals surface area contributed by atoms with Crippen molar-refractivity contribution in [3.63, 3.8) is 0 Å². The molecule has 0 amide bonds. The number of allylic oxidation sites excluding steroid dienone is 1. The van der Waals surface area contributed by atoms with Crippen molar-refractivity contribution in [2.24, 2.45) is 23.7 Å². The molecule has 0 aliphatic heterocycles. The lowest BCUT2D eigenvalue weighted by Crippen LogP contribution is -2.30. The van der Waals surface area contributed by atoms with Gasteiger partial charge in [-0.25, -0.2) is 0 Å². The molecule has 0 radical (unpaired) electrons. The zero-order valence-electron chi connectivity index (χ0n) is 17.4. The highest BCUT2D eigenvalue weighted by Crippen LogP contribution is 2.45. The largest absolute Gasteiger partial charge is 0.504 e. The maximum absolute atomic E-state index is 6.07. The summed E-state index contributed by atoms with van der Waals surface area (Å²) in [7, 11) is 1.78. The van der Waals surface area contributed by atoms with Crippen molar-refractivity contribution in [1.82, 2.24) is 0 Å². The molecule has 0 atom stereocenters. The topological polar surface area (TPSA) is 18.5 Å². The van der Waals surface area contributed by atoms with Crippen LogP contribution in [-0.2, 0) is 9.47 Å². The summed E-state index contributed by atoms with van der Waals surface area (Å²) in [5.74, 6) is 4.04. The molecular formula is C24H42O2. The Bertz CT molecular complexity index is 404. The molecule has 0 spiro atoms. The van der Waals surface area contributed by atoms with E-state index < -0.39 is 0 Å². The average Bonchev–Trinajstić information content (AvgIpc) is 2.70. The summed E-state index contributed by atoms with van der Waals surface area (Å²) in [6.45, 7) is 3.23. The highest BCUT2D eigenvalue weighted by atomic mass is 16.5. The minimum atomic E-state index is 0.575. The third-order valence-electron chi connectivity index (χ3n) is 7.68. The van der Waals surface area contributed by atoms with E-state index in [4.69, 9.17) is 9.47 Å². The van der Waals surface area contributed by atoms with Crippen LogP contribution in [0.1, 0.15) is 96.8 Å². The summed E-state index contributed by atoms with van der Waals surface area (Å²) in [5, 5.41) is 0. The van der Waals surface area contributed by atoms with Crippen molar-refractivity contribution < 1.29 is 9.47 Å². The van der Waals surface area contributed by atoms with Gasteiger partial charge < -0.3 is 9.47 Å². The fourth-order valence-corrected chi connectivity index (χ4v) is 5.98. The molecule has 3 fully saturated rings. The van der Waals surface area contributed by atoms with Gasteiger partial charge in [0.05, 0.1) is 19.5 Å². The van der Waals surface area contributed by atoms with Gasteiger partial charge in [-0.2, -0.15) is 0 Å². The molecular weight excluding hydrogens is 320 g/mol. The van der Waals surface area contributed by atoms with E-state index in [1.165, 1.54) is 95.5 Å². The van der Waals surface area contributed by atoms with Crippen molar-refractivity contribution in [1.29, 1.82) is 0 Å². The van der Waals surface area contributed by atoms with Crippen molar-refractivity contribution in [3.8, 4) is 0 Å². The SMILES string of the molecule is CCCCOC1CCC(C2CCC(C3CCC(=COC)CC3)CC2)CC1. The van der Waals surface area contributed by atoms with Crippen molar-refractivity contribution >= 4 is 0 Å². The van der Waals surface area contributed by atoms with E-state index in [2.05, 4.69) is 6.92 Å². The van der Waals surface area contributed by atoms with Crippen LogP contribution < -0.4 is 0 Å². The smallest absolute Gasteiger partial charge is 0.0816 e. The van der Waals surface area contributed by atoms with Crippen LogP contribution in [0, 0.1) is 23.7 Å². The van der Waals surface area contributed by atoms with Crippen molar-refractivity contribution in [2.75, 3.05) is 13.7 Å². The summed E-state index contributed by atoms with van der Waals surface area (Å²) in [5.41, 5.74) is 1.54. The second-order valence-electron chi connectivity index (χ2n) is 9.29. The van der Waals surface area contributed by atoms with E-state index in [0.29, 0.717) is 6.10 Å². The Morgan fingerprint density at radius 3 is 1.77 bits per heavy atom. The molecule has 26 heavy (non-hydrogen) atoms. The summed E-state index contributed by atoms with van der Waals surface area (Å²) in [4.78, 5) is 0. The molecule has 0 saturated heterocycles.